The number of nitrogen functional groups attached to an aromatic ring is 1. The fraction of sp³-hybridized carbons (Fsp3) is 0.462. The van der Waals surface area contributed by atoms with Gasteiger partial charge in [-0.25, -0.2) is 0 Å². The van der Waals surface area contributed by atoms with Gasteiger partial charge in [-0.15, -0.1) is 0 Å². The lowest BCUT2D eigenvalue weighted by molar-refractivity contribution is -0.124. The van der Waals surface area contributed by atoms with Crippen LogP contribution in [0.15, 0.2) is 24.3 Å². The maximum atomic E-state index is 11.7. The molecule has 1 unspecified atom stereocenters. The Morgan fingerprint density at radius 1 is 1.56 bits per heavy atom. The van der Waals surface area contributed by atoms with Crippen LogP contribution in [0.25, 0.3) is 0 Å². The fourth-order valence-electron chi connectivity index (χ4n) is 1.83. The van der Waals surface area contributed by atoms with Crippen molar-refractivity contribution in [3.05, 3.63) is 24.3 Å². The van der Waals surface area contributed by atoms with Gasteiger partial charge in [0.1, 0.15) is 12.4 Å². The van der Waals surface area contributed by atoms with Crippen LogP contribution in [0.1, 0.15) is 6.42 Å². The van der Waals surface area contributed by atoms with Crippen molar-refractivity contribution < 1.29 is 9.53 Å². The molecular weight excluding hydrogens is 248 g/mol. The monoisotopic (exact) mass is 266 g/mol. The third-order valence-electron chi connectivity index (χ3n) is 2.83. The summed E-state index contributed by atoms with van der Waals surface area (Å²) in [7, 11) is 0. The standard InChI is InChI=1S/C13H18N2O2S/c14-11-2-1-3-12(8-11)17-6-5-15-13(16)10-4-7-18-9-10/h1-3,8,10H,4-7,9,14H2,(H,15,16). The lowest BCUT2D eigenvalue weighted by atomic mass is 10.1. The molecule has 0 aliphatic carbocycles. The molecule has 0 radical (unpaired) electrons. The van der Waals surface area contributed by atoms with E-state index < -0.39 is 0 Å². The van der Waals surface area contributed by atoms with Crippen molar-refractivity contribution in [1.82, 2.24) is 5.32 Å². The van der Waals surface area contributed by atoms with Crippen LogP contribution in [0.3, 0.4) is 0 Å². The SMILES string of the molecule is Nc1cccc(OCCNC(=O)C2CCSC2)c1. The summed E-state index contributed by atoms with van der Waals surface area (Å²) in [5, 5.41) is 2.90. The number of thioether (sulfide) groups is 1. The minimum Gasteiger partial charge on any atom is -0.492 e. The maximum Gasteiger partial charge on any atom is 0.224 e. The number of hydrogen-bond acceptors (Lipinski definition) is 4. The van der Waals surface area contributed by atoms with Crippen LogP contribution in [0.4, 0.5) is 5.69 Å². The molecule has 4 nitrogen and oxygen atoms in total. The third kappa shape index (κ3) is 3.84. The third-order valence-corrected chi connectivity index (χ3v) is 3.99. The summed E-state index contributed by atoms with van der Waals surface area (Å²) in [6.45, 7) is 1.00. The highest BCUT2D eigenvalue weighted by molar-refractivity contribution is 7.99. The van der Waals surface area contributed by atoms with E-state index in [0.717, 1.165) is 23.7 Å². The Morgan fingerprint density at radius 3 is 3.17 bits per heavy atom. The lowest BCUT2D eigenvalue weighted by Crippen LogP contribution is -2.33. The van der Waals surface area contributed by atoms with E-state index in [1.807, 2.05) is 30.0 Å². The van der Waals surface area contributed by atoms with Gasteiger partial charge in [-0.2, -0.15) is 11.8 Å². The molecule has 2 rings (SSSR count). The minimum atomic E-state index is 0.149. The van der Waals surface area contributed by atoms with Crippen LogP contribution in [0.5, 0.6) is 5.75 Å². The molecule has 1 aromatic rings. The van der Waals surface area contributed by atoms with Gasteiger partial charge in [0.2, 0.25) is 5.91 Å². The zero-order chi connectivity index (χ0) is 12.8. The molecule has 0 spiro atoms. The van der Waals surface area contributed by atoms with Crippen LogP contribution in [-0.4, -0.2) is 30.6 Å². The Kier molecular flexibility index (Phi) is 4.75. The summed E-state index contributed by atoms with van der Waals surface area (Å²) in [4.78, 5) is 11.7. The first-order valence-corrected chi connectivity index (χ1v) is 7.25. The van der Waals surface area contributed by atoms with Crippen molar-refractivity contribution in [3.8, 4) is 5.75 Å². The van der Waals surface area contributed by atoms with Crippen molar-refractivity contribution in [2.45, 2.75) is 6.42 Å². The number of nitrogens with one attached hydrogen (secondary N) is 1. The second-order valence-corrected chi connectivity index (χ2v) is 5.42. The molecule has 0 bridgehead atoms. The summed E-state index contributed by atoms with van der Waals surface area (Å²) >= 11 is 1.84. The van der Waals surface area contributed by atoms with Crippen LogP contribution in [0.2, 0.25) is 0 Å². The number of amides is 1. The molecule has 0 aromatic heterocycles. The van der Waals surface area contributed by atoms with E-state index in [-0.39, 0.29) is 11.8 Å². The molecule has 1 amide bonds. The predicted octanol–water partition coefficient (Wildman–Crippen LogP) is 1.52. The number of hydrogen-bond donors (Lipinski definition) is 2. The summed E-state index contributed by atoms with van der Waals surface area (Å²) in [5.41, 5.74) is 6.32. The van der Waals surface area contributed by atoms with Crippen molar-refractivity contribution in [3.63, 3.8) is 0 Å². The molecule has 1 atom stereocenters. The van der Waals surface area contributed by atoms with E-state index in [1.54, 1.807) is 6.07 Å². The maximum absolute atomic E-state index is 11.7. The van der Waals surface area contributed by atoms with Crippen molar-refractivity contribution >= 4 is 23.4 Å². The van der Waals surface area contributed by atoms with Gasteiger partial charge in [0, 0.05) is 23.4 Å². The second-order valence-electron chi connectivity index (χ2n) is 4.27. The number of benzene rings is 1. The smallest absolute Gasteiger partial charge is 0.224 e. The number of anilines is 1. The van der Waals surface area contributed by atoms with Crippen LogP contribution >= 0.6 is 11.8 Å². The first kappa shape index (κ1) is 13.1. The Morgan fingerprint density at radius 2 is 2.44 bits per heavy atom. The number of carbonyl (C=O) groups excluding carboxylic acids is 1. The Bertz CT molecular complexity index is 406. The Balaban J connectivity index is 1.65. The Labute approximate surface area is 111 Å². The van der Waals surface area contributed by atoms with Gasteiger partial charge < -0.3 is 15.8 Å². The average molecular weight is 266 g/mol. The molecule has 1 fully saturated rings. The van der Waals surface area contributed by atoms with E-state index in [4.69, 9.17) is 10.5 Å². The Hall–Kier alpha value is -1.36. The van der Waals surface area contributed by atoms with E-state index >= 15 is 0 Å². The molecular formula is C13H18N2O2S. The molecule has 1 aromatic carbocycles. The minimum absolute atomic E-state index is 0.149. The van der Waals surface area contributed by atoms with Gasteiger partial charge in [-0.1, -0.05) is 6.07 Å². The largest absolute Gasteiger partial charge is 0.492 e. The van der Waals surface area contributed by atoms with Gasteiger partial charge in [-0.05, 0) is 24.3 Å². The number of ether oxygens (including phenoxy) is 1. The molecule has 18 heavy (non-hydrogen) atoms. The van der Waals surface area contributed by atoms with Crippen molar-refractivity contribution in [1.29, 1.82) is 0 Å². The zero-order valence-corrected chi connectivity index (χ0v) is 11.0. The van der Waals surface area contributed by atoms with E-state index in [2.05, 4.69) is 5.32 Å². The normalized spacial score (nSPS) is 18.6. The molecule has 1 saturated heterocycles. The molecule has 98 valence electrons. The summed E-state index contributed by atoms with van der Waals surface area (Å²) in [5.74, 6) is 3.11. The van der Waals surface area contributed by atoms with Crippen molar-refractivity contribution in [2.24, 2.45) is 5.92 Å². The van der Waals surface area contributed by atoms with Gasteiger partial charge in [0.25, 0.3) is 0 Å². The van der Waals surface area contributed by atoms with Gasteiger partial charge in [0.05, 0.1) is 6.54 Å². The highest BCUT2D eigenvalue weighted by Gasteiger charge is 2.22. The van der Waals surface area contributed by atoms with Crippen LogP contribution < -0.4 is 15.8 Å². The first-order chi connectivity index (χ1) is 8.75. The molecule has 1 aliphatic heterocycles. The van der Waals surface area contributed by atoms with E-state index in [9.17, 15) is 4.79 Å². The molecule has 5 heteroatoms. The van der Waals surface area contributed by atoms with Gasteiger partial charge in [0.15, 0.2) is 0 Å². The topological polar surface area (TPSA) is 64.3 Å². The van der Waals surface area contributed by atoms with Gasteiger partial charge in [-0.3, -0.25) is 4.79 Å². The summed E-state index contributed by atoms with van der Waals surface area (Å²) in [6.07, 6.45) is 0.993. The molecule has 1 aliphatic rings. The molecule has 1 heterocycles. The van der Waals surface area contributed by atoms with E-state index in [0.29, 0.717) is 18.8 Å². The highest BCUT2D eigenvalue weighted by atomic mass is 32.2. The highest BCUT2D eigenvalue weighted by Crippen LogP contribution is 2.23. The predicted molar refractivity (Wildman–Crippen MR) is 74.8 cm³/mol. The lowest BCUT2D eigenvalue weighted by Gasteiger charge is -2.11. The quantitative estimate of drug-likeness (QED) is 0.626. The van der Waals surface area contributed by atoms with E-state index in [1.165, 1.54) is 0 Å². The number of rotatable bonds is 5. The number of carbonyl (C=O) groups is 1. The second kappa shape index (κ2) is 6.54. The van der Waals surface area contributed by atoms with Crippen LogP contribution in [0, 0.1) is 5.92 Å². The van der Waals surface area contributed by atoms with Crippen molar-refractivity contribution in [2.75, 3.05) is 30.4 Å². The van der Waals surface area contributed by atoms with Crippen LogP contribution in [-0.2, 0) is 4.79 Å². The number of nitrogens with two attached hydrogens (primary N) is 1. The zero-order valence-electron chi connectivity index (χ0n) is 10.2. The summed E-state index contributed by atoms with van der Waals surface area (Å²) < 4.78 is 5.50. The fourth-order valence-corrected chi connectivity index (χ4v) is 3.05. The average Bonchev–Trinajstić information content (AvgIpc) is 2.88. The molecule has 3 N–H and O–H groups in total. The summed E-state index contributed by atoms with van der Waals surface area (Å²) in [6, 6.07) is 7.28. The van der Waals surface area contributed by atoms with Gasteiger partial charge >= 0.3 is 0 Å². The first-order valence-electron chi connectivity index (χ1n) is 6.09. The molecule has 0 saturated carbocycles.